The van der Waals surface area contributed by atoms with Gasteiger partial charge in [-0.1, -0.05) is 13.3 Å². The number of carbonyl (C=O) groups excluding carboxylic acids is 1. The summed E-state index contributed by atoms with van der Waals surface area (Å²) in [5.41, 5.74) is 3.95. The Morgan fingerprint density at radius 1 is 1.33 bits per heavy atom. The van der Waals surface area contributed by atoms with Crippen LogP contribution in [0.3, 0.4) is 0 Å². The van der Waals surface area contributed by atoms with Crippen molar-refractivity contribution in [1.82, 2.24) is 10.4 Å². The van der Waals surface area contributed by atoms with Gasteiger partial charge in [0.05, 0.1) is 12.3 Å². The van der Waals surface area contributed by atoms with Crippen molar-refractivity contribution < 1.29 is 9.53 Å². The van der Waals surface area contributed by atoms with Crippen LogP contribution in [-0.2, 0) is 6.42 Å². The highest BCUT2D eigenvalue weighted by Gasteiger charge is 2.17. The van der Waals surface area contributed by atoms with E-state index in [1.807, 2.05) is 31.2 Å². The molecule has 1 amide bonds. The summed E-state index contributed by atoms with van der Waals surface area (Å²) in [6.07, 6.45) is 1.69. The predicted octanol–water partition coefficient (Wildman–Crippen LogP) is 2.76. The first kappa shape index (κ1) is 15.5. The van der Waals surface area contributed by atoms with E-state index in [1.54, 1.807) is 0 Å². The molecule has 0 unspecified atom stereocenters. The second kappa shape index (κ2) is 7.19. The summed E-state index contributed by atoms with van der Waals surface area (Å²) in [6, 6.07) is 7.71. The van der Waals surface area contributed by atoms with E-state index >= 15 is 0 Å². The van der Waals surface area contributed by atoms with Crippen LogP contribution in [0.15, 0.2) is 24.3 Å². The summed E-state index contributed by atoms with van der Waals surface area (Å²) >= 11 is 1.36. The highest BCUT2D eigenvalue weighted by molar-refractivity contribution is 7.17. The Hall–Kier alpha value is -1.92. The van der Waals surface area contributed by atoms with E-state index in [1.165, 1.54) is 11.3 Å². The third kappa shape index (κ3) is 3.59. The molecular weight excluding hydrogens is 286 g/mol. The molecule has 21 heavy (non-hydrogen) atoms. The normalized spacial score (nSPS) is 10.4. The Labute approximate surface area is 128 Å². The van der Waals surface area contributed by atoms with Crippen LogP contribution in [0.4, 0.5) is 0 Å². The van der Waals surface area contributed by atoms with Crippen LogP contribution in [0.25, 0.3) is 10.6 Å². The maximum atomic E-state index is 11.8. The molecule has 0 spiro atoms. The molecule has 5 nitrogen and oxygen atoms in total. The van der Waals surface area contributed by atoms with Crippen molar-refractivity contribution in [3.63, 3.8) is 0 Å². The van der Waals surface area contributed by atoms with Gasteiger partial charge in [-0.2, -0.15) is 0 Å². The van der Waals surface area contributed by atoms with E-state index in [-0.39, 0.29) is 5.91 Å². The van der Waals surface area contributed by atoms with Crippen LogP contribution < -0.4 is 16.0 Å². The number of thiazole rings is 1. The number of hydrogen-bond acceptors (Lipinski definition) is 5. The van der Waals surface area contributed by atoms with Gasteiger partial charge in [0.1, 0.15) is 15.6 Å². The van der Waals surface area contributed by atoms with Gasteiger partial charge >= 0.3 is 0 Å². The van der Waals surface area contributed by atoms with Crippen LogP contribution >= 0.6 is 11.3 Å². The van der Waals surface area contributed by atoms with E-state index in [2.05, 4.69) is 17.3 Å². The van der Waals surface area contributed by atoms with Crippen molar-refractivity contribution in [3.05, 3.63) is 34.8 Å². The summed E-state index contributed by atoms with van der Waals surface area (Å²) < 4.78 is 5.42. The fraction of sp³-hybridized carbons (Fsp3) is 0.333. The van der Waals surface area contributed by atoms with Gasteiger partial charge in [0, 0.05) is 5.56 Å². The number of nitrogens with two attached hydrogens (primary N) is 1. The number of aromatic nitrogens is 1. The number of benzene rings is 1. The fourth-order valence-corrected chi connectivity index (χ4v) is 3.01. The smallest absolute Gasteiger partial charge is 0.277 e. The molecule has 3 N–H and O–H groups in total. The van der Waals surface area contributed by atoms with Gasteiger partial charge in [-0.3, -0.25) is 10.2 Å². The van der Waals surface area contributed by atoms with Crippen molar-refractivity contribution in [1.29, 1.82) is 0 Å². The predicted molar refractivity (Wildman–Crippen MR) is 84.4 cm³/mol. The SMILES string of the molecule is CCCc1nc(-c2ccc(OCC)cc2)sc1C(=O)NN. The molecular formula is C15H19N3O2S. The molecule has 0 aliphatic heterocycles. The second-order valence-electron chi connectivity index (χ2n) is 4.48. The van der Waals surface area contributed by atoms with Crippen molar-refractivity contribution in [3.8, 4) is 16.3 Å². The molecule has 2 aromatic rings. The lowest BCUT2D eigenvalue weighted by Gasteiger charge is -2.02. The van der Waals surface area contributed by atoms with Crippen LogP contribution in [0, 0.1) is 0 Å². The Balaban J connectivity index is 2.32. The van der Waals surface area contributed by atoms with E-state index < -0.39 is 0 Å². The highest BCUT2D eigenvalue weighted by Crippen LogP contribution is 2.30. The number of hydrogen-bond donors (Lipinski definition) is 2. The highest BCUT2D eigenvalue weighted by atomic mass is 32.1. The average Bonchev–Trinajstić information content (AvgIpc) is 2.92. The largest absolute Gasteiger partial charge is 0.494 e. The van der Waals surface area contributed by atoms with Crippen LogP contribution in [-0.4, -0.2) is 17.5 Å². The lowest BCUT2D eigenvalue weighted by Crippen LogP contribution is -2.30. The van der Waals surface area contributed by atoms with E-state index in [4.69, 9.17) is 10.6 Å². The van der Waals surface area contributed by atoms with Gasteiger partial charge in [-0.25, -0.2) is 10.8 Å². The molecule has 0 atom stereocenters. The maximum absolute atomic E-state index is 11.8. The van der Waals surface area contributed by atoms with Crippen LogP contribution in [0.2, 0.25) is 0 Å². The average molecular weight is 305 g/mol. The van der Waals surface area contributed by atoms with Gasteiger partial charge in [0.15, 0.2) is 0 Å². The number of hydrazine groups is 1. The number of aryl methyl sites for hydroxylation is 1. The molecule has 2 rings (SSSR count). The number of nitrogen functional groups attached to an aromatic ring is 1. The van der Waals surface area contributed by atoms with E-state index in [9.17, 15) is 4.79 Å². The first-order valence-corrected chi connectivity index (χ1v) is 7.75. The molecule has 0 radical (unpaired) electrons. The number of ether oxygens (including phenoxy) is 1. The minimum Gasteiger partial charge on any atom is -0.494 e. The minimum absolute atomic E-state index is 0.284. The van der Waals surface area contributed by atoms with E-state index in [0.29, 0.717) is 11.5 Å². The third-order valence-electron chi connectivity index (χ3n) is 2.93. The molecule has 1 aromatic heterocycles. The summed E-state index contributed by atoms with van der Waals surface area (Å²) in [5.74, 6) is 5.77. The van der Waals surface area contributed by atoms with Crippen molar-refractivity contribution in [2.45, 2.75) is 26.7 Å². The monoisotopic (exact) mass is 305 g/mol. The number of carbonyl (C=O) groups is 1. The Kier molecular flexibility index (Phi) is 5.30. The Bertz CT molecular complexity index is 608. The van der Waals surface area contributed by atoms with Gasteiger partial charge in [-0.05, 0) is 37.6 Å². The van der Waals surface area contributed by atoms with Crippen molar-refractivity contribution >= 4 is 17.2 Å². The summed E-state index contributed by atoms with van der Waals surface area (Å²) in [7, 11) is 0. The molecule has 0 saturated heterocycles. The van der Waals surface area contributed by atoms with Crippen LogP contribution in [0.1, 0.15) is 35.6 Å². The summed E-state index contributed by atoms with van der Waals surface area (Å²) in [5, 5.41) is 0.820. The summed E-state index contributed by atoms with van der Waals surface area (Å²) in [6.45, 7) is 4.64. The molecule has 0 fully saturated rings. The first-order chi connectivity index (χ1) is 10.2. The van der Waals surface area contributed by atoms with E-state index in [0.717, 1.165) is 34.9 Å². The third-order valence-corrected chi connectivity index (χ3v) is 4.08. The topological polar surface area (TPSA) is 77.2 Å². The molecule has 1 aromatic carbocycles. The van der Waals surface area contributed by atoms with Gasteiger partial charge in [0.2, 0.25) is 0 Å². The molecule has 0 bridgehead atoms. The number of nitrogens with one attached hydrogen (secondary N) is 1. The Morgan fingerprint density at radius 3 is 2.62 bits per heavy atom. The first-order valence-electron chi connectivity index (χ1n) is 6.93. The van der Waals surface area contributed by atoms with Gasteiger partial charge < -0.3 is 4.74 Å². The second-order valence-corrected chi connectivity index (χ2v) is 5.47. The zero-order valence-electron chi connectivity index (χ0n) is 12.2. The zero-order valence-corrected chi connectivity index (χ0v) is 13.0. The van der Waals surface area contributed by atoms with Gasteiger partial charge in [0.25, 0.3) is 5.91 Å². The molecule has 0 saturated carbocycles. The van der Waals surface area contributed by atoms with Crippen molar-refractivity contribution in [2.24, 2.45) is 5.84 Å². The number of rotatable bonds is 6. The number of amides is 1. The van der Waals surface area contributed by atoms with Crippen molar-refractivity contribution in [2.75, 3.05) is 6.61 Å². The molecule has 112 valence electrons. The van der Waals surface area contributed by atoms with Gasteiger partial charge in [-0.15, -0.1) is 11.3 Å². The molecule has 1 heterocycles. The maximum Gasteiger partial charge on any atom is 0.277 e. The lowest BCUT2D eigenvalue weighted by atomic mass is 10.2. The summed E-state index contributed by atoms with van der Waals surface area (Å²) in [4.78, 5) is 17.0. The standard InChI is InChI=1S/C15H19N3O2S/c1-3-5-12-13(14(19)18-16)21-15(17-12)10-6-8-11(9-7-10)20-4-2/h6-9H,3-5,16H2,1-2H3,(H,18,19). The molecule has 0 aliphatic rings. The quantitative estimate of drug-likeness (QED) is 0.489. The number of nitrogens with zero attached hydrogens (tertiary/aromatic N) is 1. The lowest BCUT2D eigenvalue weighted by molar-refractivity contribution is 0.0956. The zero-order chi connectivity index (χ0) is 15.2. The molecule has 0 aliphatic carbocycles. The minimum atomic E-state index is -0.284. The van der Waals surface area contributed by atoms with Crippen LogP contribution in [0.5, 0.6) is 5.75 Å². The Morgan fingerprint density at radius 2 is 2.05 bits per heavy atom. The fourth-order valence-electron chi connectivity index (χ4n) is 1.98. The molecule has 6 heteroatoms.